The summed E-state index contributed by atoms with van der Waals surface area (Å²) in [6.07, 6.45) is 6.02. The smallest absolute Gasteiger partial charge is 0.110 e. The van der Waals surface area contributed by atoms with Crippen molar-refractivity contribution in [3.05, 3.63) is 69.7 Å². The minimum Gasteiger partial charge on any atom is -0.297 e. The van der Waals surface area contributed by atoms with E-state index in [1.54, 1.807) is 0 Å². The first-order chi connectivity index (χ1) is 13.5. The molecule has 1 saturated carbocycles. The zero-order valence-corrected chi connectivity index (χ0v) is 18.8. The van der Waals surface area contributed by atoms with Crippen LogP contribution in [0.3, 0.4) is 0 Å². The van der Waals surface area contributed by atoms with Crippen LogP contribution in [0.15, 0.2) is 48.5 Å². The van der Waals surface area contributed by atoms with Crippen molar-refractivity contribution in [1.29, 1.82) is 0 Å². The molecule has 152 valence electrons. The maximum absolute atomic E-state index is 6.61. The second-order valence-corrected chi connectivity index (χ2v) is 9.28. The van der Waals surface area contributed by atoms with Crippen LogP contribution in [0.4, 0.5) is 0 Å². The lowest BCUT2D eigenvalue weighted by Crippen LogP contribution is -2.44. The first kappa shape index (κ1) is 22.2. The first-order valence-electron chi connectivity index (χ1n) is 9.75. The number of benzene rings is 2. The Morgan fingerprint density at radius 3 is 1.57 bits per heavy atom. The second kappa shape index (κ2) is 10.5. The molecule has 1 aliphatic rings. The SMILES string of the molecule is Clc1ccccc1C(Cl)NCC1(CNC(Cl)c2ccccc2Cl)CCCCC1. The van der Waals surface area contributed by atoms with Crippen molar-refractivity contribution in [2.24, 2.45) is 5.41 Å². The van der Waals surface area contributed by atoms with E-state index >= 15 is 0 Å². The highest BCUT2D eigenvalue weighted by molar-refractivity contribution is 6.33. The predicted molar refractivity (Wildman–Crippen MR) is 122 cm³/mol. The minimum atomic E-state index is -0.317. The van der Waals surface area contributed by atoms with Gasteiger partial charge in [0.15, 0.2) is 0 Å². The molecule has 2 N–H and O–H groups in total. The Labute approximate surface area is 187 Å². The van der Waals surface area contributed by atoms with Crippen LogP contribution >= 0.6 is 46.4 Å². The Morgan fingerprint density at radius 1 is 0.714 bits per heavy atom. The van der Waals surface area contributed by atoms with Crippen molar-refractivity contribution in [3.63, 3.8) is 0 Å². The number of rotatable bonds is 8. The molecule has 0 bridgehead atoms. The molecule has 0 aromatic heterocycles. The minimum absolute atomic E-state index is 0.112. The summed E-state index contributed by atoms with van der Waals surface area (Å²) >= 11 is 25.8. The van der Waals surface area contributed by atoms with Crippen LogP contribution in [0.2, 0.25) is 10.0 Å². The molecule has 1 fully saturated rings. The van der Waals surface area contributed by atoms with Gasteiger partial charge < -0.3 is 0 Å². The fourth-order valence-electron chi connectivity index (χ4n) is 3.91. The number of halogens is 4. The van der Waals surface area contributed by atoms with Crippen molar-refractivity contribution < 1.29 is 0 Å². The van der Waals surface area contributed by atoms with Gasteiger partial charge in [0.2, 0.25) is 0 Å². The Hall–Kier alpha value is -0.480. The molecule has 0 amide bonds. The lowest BCUT2D eigenvalue weighted by molar-refractivity contribution is 0.173. The van der Waals surface area contributed by atoms with Gasteiger partial charge in [-0.2, -0.15) is 0 Å². The molecular weight excluding hydrogens is 434 g/mol. The zero-order valence-electron chi connectivity index (χ0n) is 15.7. The van der Waals surface area contributed by atoms with Gasteiger partial charge >= 0.3 is 0 Å². The van der Waals surface area contributed by atoms with E-state index in [0.717, 1.165) is 37.1 Å². The average molecular weight is 460 g/mol. The molecule has 0 spiro atoms. The largest absolute Gasteiger partial charge is 0.297 e. The highest BCUT2D eigenvalue weighted by Crippen LogP contribution is 2.37. The molecule has 2 aromatic rings. The summed E-state index contributed by atoms with van der Waals surface area (Å²) < 4.78 is 0. The predicted octanol–water partition coefficient (Wildman–Crippen LogP) is 7.30. The Balaban J connectivity index is 1.63. The number of hydrogen-bond donors (Lipinski definition) is 2. The summed E-state index contributed by atoms with van der Waals surface area (Å²) in [5.41, 5.74) is 1.30. The van der Waals surface area contributed by atoms with Crippen molar-refractivity contribution in [1.82, 2.24) is 10.6 Å². The maximum Gasteiger partial charge on any atom is 0.110 e. The average Bonchev–Trinajstić information content (AvgIpc) is 2.72. The van der Waals surface area contributed by atoms with E-state index in [4.69, 9.17) is 46.4 Å². The van der Waals surface area contributed by atoms with E-state index in [-0.39, 0.29) is 16.4 Å². The third-order valence-electron chi connectivity index (χ3n) is 5.58. The van der Waals surface area contributed by atoms with E-state index in [9.17, 15) is 0 Å². The Morgan fingerprint density at radius 2 is 1.14 bits per heavy atom. The van der Waals surface area contributed by atoms with Crippen LogP contribution in [0.1, 0.15) is 54.2 Å². The molecule has 2 nitrogen and oxygen atoms in total. The molecule has 6 heteroatoms. The summed E-state index contributed by atoms with van der Waals surface area (Å²) in [7, 11) is 0. The van der Waals surface area contributed by atoms with Crippen LogP contribution < -0.4 is 10.6 Å². The van der Waals surface area contributed by atoms with E-state index in [2.05, 4.69) is 10.6 Å². The molecule has 0 heterocycles. The molecule has 0 aliphatic heterocycles. The van der Waals surface area contributed by atoms with Crippen molar-refractivity contribution in [3.8, 4) is 0 Å². The summed E-state index contributed by atoms with van der Waals surface area (Å²) in [4.78, 5) is 0. The molecule has 0 radical (unpaired) electrons. The van der Waals surface area contributed by atoms with Gasteiger partial charge in [0.25, 0.3) is 0 Å². The first-order valence-corrected chi connectivity index (χ1v) is 11.4. The van der Waals surface area contributed by atoms with Crippen LogP contribution in [0.25, 0.3) is 0 Å². The zero-order chi connectivity index (χ0) is 20.0. The van der Waals surface area contributed by atoms with Crippen LogP contribution in [-0.4, -0.2) is 13.1 Å². The van der Waals surface area contributed by atoms with Crippen molar-refractivity contribution >= 4 is 46.4 Å². The van der Waals surface area contributed by atoms with Gasteiger partial charge in [-0.1, -0.05) is 78.9 Å². The van der Waals surface area contributed by atoms with Crippen molar-refractivity contribution in [2.75, 3.05) is 13.1 Å². The lowest BCUT2D eigenvalue weighted by atomic mass is 9.73. The van der Waals surface area contributed by atoms with Gasteiger partial charge in [0.05, 0.1) is 0 Å². The molecule has 1 aliphatic carbocycles. The molecular formula is C22H26Cl4N2. The number of hydrogen-bond acceptors (Lipinski definition) is 2. The highest BCUT2D eigenvalue weighted by atomic mass is 35.5. The Kier molecular flexibility index (Phi) is 8.34. The van der Waals surface area contributed by atoms with Gasteiger partial charge in [-0.25, -0.2) is 0 Å². The second-order valence-electron chi connectivity index (χ2n) is 7.59. The molecule has 0 saturated heterocycles. The summed E-state index contributed by atoms with van der Waals surface area (Å²) in [5, 5.41) is 8.37. The van der Waals surface area contributed by atoms with E-state index in [1.807, 2.05) is 48.5 Å². The summed E-state index contributed by atoms with van der Waals surface area (Å²) in [5.74, 6) is 0. The van der Waals surface area contributed by atoms with Gasteiger partial charge in [0.1, 0.15) is 11.0 Å². The third kappa shape index (κ3) is 5.78. The molecule has 28 heavy (non-hydrogen) atoms. The normalized spacial score (nSPS) is 18.6. The Bertz CT molecular complexity index is 704. The molecule has 2 unspecified atom stereocenters. The summed E-state index contributed by atoms with van der Waals surface area (Å²) in [6, 6.07) is 15.4. The highest BCUT2D eigenvalue weighted by Gasteiger charge is 2.33. The van der Waals surface area contributed by atoms with Crippen molar-refractivity contribution in [2.45, 2.75) is 43.1 Å². The van der Waals surface area contributed by atoms with E-state index in [0.29, 0.717) is 10.0 Å². The van der Waals surface area contributed by atoms with Gasteiger partial charge in [0, 0.05) is 34.3 Å². The van der Waals surface area contributed by atoms with Gasteiger partial charge in [-0.3, -0.25) is 10.6 Å². The lowest BCUT2D eigenvalue weighted by Gasteiger charge is -2.39. The molecule has 2 aromatic carbocycles. The van der Waals surface area contributed by atoms with Gasteiger partial charge in [-0.15, -0.1) is 23.2 Å². The van der Waals surface area contributed by atoms with E-state index < -0.39 is 0 Å². The third-order valence-corrected chi connectivity index (χ3v) is 7.05. The fourth-order valence-corrected chi connectivity index (χ4v) is 5.05. The standard InChI is InChI=1S/C22H26Cl4N2/c23-18-10-4-2-8-16(18)20(25)27-14-22(12-6-1-7-13-22)15-28-21(26)17-9-3-5-11-19(17)24/h2-5,8-11,20-21,27-28H,1,6-7,12-15H2. The fraction of sp³-hybridized carbons (Fsp3) is 0.455. The monoisotopic (exact) mass is 458 g/mol. The number of alkyl halides is 2. The topological polar surface area (TPSA) is 24.1 Å². The summed E-state index contributed by atoms with van der Waals surface area (Å²) in [6.45, 7) is 1.62. The quantitative estimate of drug-likeness (QED) is 0.319. The molecule has 2 atom stereocenters. The molecule has 3 rings (SSSR count). The van der Waals surface area contributed by atoms with Crippen LogP contribution in [0.5, 0.6) is 0 Å². The van der Waals surface area contributed by atoms with Crippen LogP contribution in [-0.2, 0) is 0 Å². The number of nitrogens with one attached hydrogen (secondary N) is 2. The van der Waals surface area contributed by atoms with Gasteiger partial charge in [-0.05, 0) is 30.4 Å². The maximum atomic E-state index is 6.61. The van der Waals surface area contributed by atoms with E-state index in [1.165, 1.54) is 19.3 Å². The van der Waals surface area contributed by atoms with Crippen LogP contribution in [0, 0.1) is 5.41 Å².